The first kappa shape index (κ1) is 10.1. The van der Waals surface area contributed by atoms with Gasteiger partial charge < -0.3 is 5.73 Å². The third-order valence-electron chi connectivity index (χ3n) is 2.33. The van der Waals surface area contributed by atoms with Crippen LogP contribution in [0, 0.1) is 6.92 Å². The van der Waals surface area contributed by atoms with Crippen molar-refractivity contribution < 1.29 is 0 Å². The molecule has 1 aromatic carbocycles. The lowest BCUT2D eigenvalue weighted by molar-refractivity contribution is 0.693. The van der Waals surface area contributed by atoms with Crippen LogP contribution in [0.3, 0.4) is 0 Å². The van der Waals surface area contributed by atoms with E-state index in [1.165, 1.54) is 4.57 Å². The van der Waals surface area contributed by atoms with Gasteiger partial charge in [-0.25, -0.2) is 4.98 Å². The van der Waals surface area contributed by atoms with Crippen molar-refractivity contribution in [3.05, 3.63) is 39.4 Å². The first-order chi connectivity index (χ1) is 7.15. The Kier molecular flexibility index (Phi) is 2.46. The largest absolute Gasteiger partial charge is 0.313 e. The fourth-order valence-electron chi connectivity index (χ4n) is 1.56. The molecule has 0 saturated heterocycles. The summed E-state index contributed by atoms with van der Waals surface area (Å²) >= 11 is 5.83. The van der Waals surface area contributed by atoms with Gasteiger partial charge in [0.1, 0.15) is 0 Å². The van der Waals surface area contributed by atoms with E-state index in [1.807, 2.05) is 19.1 Å². The highest BCUT2D eigenvalue weighted by Gasteiger charge is 2.09. The summed E-state index contributed by atoms with van der Waals surface area (Å²) in [6.07, 6.45) is 0. The zero-order valence-electron chi connectivity index (χ0n) is 8.20. The van der Waals surface area contributed by atoms with Gasteiger partial charge in [0, 0.05) is 0 Å². The van der Waals surface area contributed by atoms with Crippen LogP contribution in [0.5, 0.6) is 0 Å². The Morgan fingerprint density at radius 3 is 2.93 bits per heavy atom. The number of aryl methyl sites for hydroxylation is 1. The SMILES string of the molecule is Cc1cccc2nc(Cl)n(CN)c(=O)c12. The third kappa shape index (κ3) is 1.52. The summed E-state index contributed by atoms with van der Waals surface area (Å²) in [6, 6.07) is 5.46. The van der Waals surface area contributed by atoms with Crippen LogP contribution in [0.15, 0.2) is 23.0 Å². The van der Waals surface area contributed by atoms with E-state index in [2.05, 4.69) is 4.98 Å². The molecule has 5 heteroatoms. The maximum Gasteiger partial charge on any atom is 0.263 e. The van der Waals surface area contributed by atoms with Gasteiger partial charge in [-0.05, 0) is 30.2 Å². The molecule has 0 saturated carbocycles. The van der Waals surface area contributed by atoms with Crippen molar-refractivity contribution in [3.63, 3.8) is 0 Å². The highest BCUT2D eigenvalue weighted by molar-refractivity contribution is 6.28. The lowest BCUT2D eigenvalue weighted by Gasteiger charge is -2.07. The van der Waals surface area contributed by atoms with Crippen molar-refractivity contribution in [3.8, 4) is 0 Å². The van der Waals surface area contributed by atoms with E-state index in [0.29, 0.717) is 10.9 Å². The van der Waals surface area contributed by atoms with Gasteiger partial charge in [0.25, 0.3) is 5.56 Å². The van der Waals surface area contributed by atoms with E-state index in [1.54, 1.807) is 6.07 Å². The first-order valence-corrected chi connectivity index (χ1v) is 4.88. The molecule has 0 radical (unpaired) electrons. The van der Waals surface area contributed by atoms with Gasteiger partial charge in [0.05, 0.1) is 17.6 Å². The third-order valence-corrected chi connectivity index (χ3v) is 2.62. The molecule has 2 N–H and O–H groups in total. The molecule has 0 aliphatic heterocycles. The zero-order chi connectivity index (χ0) is 11.0. The molecule has 0 bridgehead atoms. The molecule has 78 valence electrons. The van der Waals surface area contributed by atoms with Gasteiger partial charge >= 0.3 is 0 Å². The minimum atomic E-state index is -0.189. The molecule has 0 aliphatic carbocycles. The highest BCUT2D eigenvalue weighted by Crippen LogP contribution is 2.14. The Bertz CT molecular complexity index is 577. The number of nitrogens with two attached hydrogens (primary N) is 1. The maximum atomic E-state index is 12.0. The number of hydrogen-bond donors (Lipinski definition) is 1. The van der Waals surface area contributed by atoms with Crippen molar-refractivity contribution >= 4 is 22.5 Å². The summed E-state index contributed by atoms with van der Waals surface area (Å²) in [5.41, 5.74) is 6.73. The zero-order valence-corrected chi connectivity index (χ0v) is 8.95. The van der Waals surface area contributed by atoms with E-state index < -0.39 is 0 Å². The first-order valence-electron chi connectivity index (χ1n) is 4.51. The van der Waals surface area contributed by atoms with Crippen LogP contribution in [0.1, 0.15) is 5.56 Å². The Morgan fingerprint density at radius 1 is 1.53 bits per heavy atom. The van der Waals surface area contributed by atoms with Crippen molar-refractivity contribution in [1.29, 1.82) is 0 Å². The molecule has 0 aliphatic rings. The molecule has 4 nitrogen and oxygen atoms in total. The van der Waals surface area contributed by atoms with Crippen LogP contribution in [-0.2, 0) is 6.67 Å². The molecule has 0 spiro atoms. The minimum absolute atomic E-state index is 0.0366. The predicted molar refractivity (Wildman–Crippen MR) is 59.9 cm³/mol. The Hall–Kier alpha value is -1.39. The highest BCUT2D eigenvalue weighted by atomic mass is 35.5. The van der Waals surface area contributed by atoms with Crippen LogP contribution in [-0.4, -0.2) is 9.55 Å². The lowest BCUT2D eigenvalue weighted by atomic mass is 10.1. The minimum Gasteiger partial charge on any atom is -0.313 e. The van der Waals surface area contributed by atoms with Crippen LogP contribution in [0.25, 0.3) is 10.9 Å². The summed E-state index contributed by atoms with van der Waals surface area (Å²) in [5, 5.41) is 0.702. The molecule has 0 amide bonds. The normalized spacial score (nSPS) is 10.9. The van der Waals surface area contributed by atoms with Crippen LogP contribution in [0.2, 0.25) is 5.28 Å². The van der Waals surface area contributed by atoms with Crippen molar-refractivity contribution in [2.45, 2.75) is 13.6 Å². The average Bonchev–Trinajstić information content (AvgIpc) is 2.17. The van der Waals surface area contributed by atoms with Gasteiger partial charge in [-0.15, -0.1) is 0 Å². The Morgan fingerprint density at radius 2 is 2.27 bits per heavy atom. The standard InChI is InChI=1S/C10H10ClN3O/c1-6-3-2-4-7-8(6)9(15)14(5-12)10(11)13-7/h2-4H,5,12H2,1H3. The van der Waals surface area contributed by atoms with Crippen LogP contribution < -0.4 is 11.3 Å². The number of hydrogen-bond acceptors (Lipinski definition) is 3. The molecule has 15 heavy (non-hydrogen) atoms. The lowest BCUT2D eigenvalue weighted by Crippen LogP contribution is -2.26. The number of nitrogens with zero attached hydrogens (tertiary/aromatic N) is 2. The van der Waals surface area contributed by atoms with Gasteiger partial charge in [-0.3, -0.25) is 9.36 Å². The van der Waals surface area contributed by atoms with Crippen molar-refractivity contribution in [2.75, 3.05) is 0 Å². The summed E-state index contributed by atoms with van der Waals surface area (Å²) in [7, 11) is 0. The van der Waals surface area contributed by atoms with E-state index in [-0.39, 0.29) is 17.5 Å². The van der Waals surface area contributed by atoms with E-state index >= 15 is 0 Å². The van der Waals surface area contributed by atoms with Gasteiger partial charge in [0.15, 0.2) is 0 Å². The maximum absolute atomic E-state index is 12.0. The summed E-state index contributed by atoms with van der Waals surface area (Å²) in [4.78, 5) is 16.1. The van der Waals surface area contributed by atoms with Crippen LogP contribution >= 0.6 is 11.6 Å². The fraction of sp³-hybridized carbons (Fsp3) is 0.200. The number of aromatic nitrogens is 2. The monoisotopic (exact) mass is 223 g/mol. The molecule has 0 unspecified atom stereocenters. The topological polar surface area (TPSA) is 60.9 Å². The molecule has 2 aromatic rings. The molecule has 1 aromatic heterocycles. The summed E-state index contributed by atoms with van der Waals surface area (Å²) in [5.74, 6) is 0. The molecule has 0 fully saturated rings. The second-order valence-corrected chi connectivity index (χ2v) is 3.60. The summed E-state index contributed by atoms with van der Waals surface area (Å²) < 4.78 is 1.25. The Labute approximate surface area is 91.3 Å². The number of halogens is 1. The second-order valence-electron chi connectivity index (χ2n) is 3.27. The molecular weight excluding hydrogens is 214 g/mol. The molecular formula is C10H10ClN3O. The average molecular weight is 224 g/mol. The molecule has 1 heterocycles. The smallest absolute Gasteiger partial charge is 0.263 e. The predicted octanol–water partition coefficient (Wildman–Crippen LogP) is 1.27. The van der Waals surface area contributed by atoms with E-state index in [0.717, 1.165) is 5.56 Å². The van der Waals surface area contributed by atoms with E-state index in [4.69, 9.17) is 17.3 Å². The van der Waals surface area contributed by atoms with Gasteiger partial charge in [-0.2, -0.15) is 0 Å². The fourth-order valence-corrected chi connectivity index (χ4v) is 1.80. The van der Waals surface area contributed by atoms with E-state index in [9.17, 15) is 4.79 Å². The Balaban J connectivity index is 2.99. The van der Waals surface area contributed by atoms with Crippen molar-refractivity contribution in [2.24, 2.45) is 5.73 Å². The van der Waals surface area contributed by atoms with Crippen LogP contribution in [0.4, 0.5) is 0 Å². The quantitative estimate of drug-likeness (QED) is 0.741. The summed E-state index contributed by atoms with van der Waals surface area (Å²) in [6.45, 7) is 1.90. The number of benzene rings is 1. The van der Waals surface area contributed by atoms with Gasteiger partial charge in [-0.1, -0.05) is 12.1 Å². The molecule has 2 rings (SSSR count). The second kappa shape index (κ2) is 3.64. The number of rotatable bonds is 1. The van der Waals surface area contributed by atoms with Crippen molar-refractivity contribution in [1.82, 2.24) is 9.55 Å². The molecule has 0 atom stereocenters. The van der Waals surface area contributed by atoms with Gasteiger partial charge in [0.2, 0.25) is 5.28 Å². The number of fused-ring (bicyclic) bond motifs is 1.